The molecule has 0 saturated carbocycles. The van der Waals surface area contributed by atoms with Crippen LogP contribution in [0.25, 0.3) is 6.08 Å². The van der Waals surface area contributed by atoms with E-state index in [1.54, 1.807) is 11.3 Å². The zero-order valence-corrected chi connectivity index (χ0v) is 9.95. The first-order chi connectivity index (χ1) is 6.74. The Hall–Kier alpha value is -0.670. The third-order valence-corrected chi connectivity index (χ3v) is 2.94. The third kappa shape index (κ3) is 3.60. The van der Waals surface area contributed by atoms with E-state index in [4.69, 9.17) is 0 Å². The first kappa shape index (κ1) is 11.4. The van der Waals surface area contributed by atoms with Crippen LogP contribution in [0.15, 0.2) is 6.08 Å². The van der Waals surface area contributed by atoms with Gasteiger partial charge in [0.25, 0.3) is 0 Å². The van der Waals surface area contributed by atoms with Gasteiger partial charge in [0.05, 0.1) is 10.7 Å². The first-order valence-corrected chi connectivity index (χ1v) is 5.87. The first-order valence-electron chi connectivity index (χ1n) is 5.05. The van der Waals surface area contributed by atoms with Gasteiger partial charge < -0.3 is 5.32 Å². The summed E-state index contributed by atoms with van der Waals surface area (Å²) in [6, 6.07) is 0. The zero-order valence-electron chi connectivity index (χ0n) is 9.13. The summed E-state index contributed by atoms with van der Waals surface area (Å²) < 4.78 is 0. The topological polar surface area (TPSA) is 24.9 Å². The van der Waals surface area contributed by atoms with E-state index in [2.05, 4.69) is 36.3 Å². The van der Waals surface area contributed by atoms with Gasteiger partial charge in [0, 0.05) is 11.4 Å². The van der Waals surface area contributed by atoms with Crippen LogP contribution in [0.1, 0.15) is 28.9 Å². The molecule has 14 heavy (non-hydrogen) atoms. The summed E-state index contributed by atoms with van der Waals surface area (Å²) in [6.07, 6.45) is 5.50. The Labute approximate surface area is 90.1 Å². The molecule has 1 aromatic heterocycles. The molecular weight excluding hydrogens is 192 g/mol. The molecule has 0 saturated heterocycles. The second-order valence-corrected chi connectivity index (χ2v) is 4.52. The highest BCUT2D eigenvalue weighted by atomic mass is 32.1. The number of hydrogen-bond donors (Lipinski definition) is 1. The molecule has 1 rings (SSSR count). The SMILES string of the molecule is CCCNCC=Cc1sc(C)nc1C. The van der Waals surface area contributed by atoms with E-state index >= 15 is 0 Å². The largest absolute Gasteiger partial charge is 0.313 e. The minimum absolute atomic E-state index is 0.949. The molecule has 0 aliphatic rings. The van der Waals surface area contributed by atoms with Crippen molar-refractivity contribution in [3.8, 4) is 0 Å². The maximum absolute atomic E-state index is 4.37. The van der Waals surface area contributed by atoms with Crippen LogP contribution in [0.3, 0.4) is 0 Å². The second-order valence-electron chi connectivity index (χ2n) is 3.29. The molecule has 0 aliphatic heterocycles. The molecule has 2 nitrogen and oxygen atoms in total. The fourth-order valence-corrected chi connectivity index (χ4v) is 2.09. The van der Waals surface area contributed by atoms with Gasteiger partial charge in [-0.1, -0.05) is 13.0 Å². The van der Waals surface area contributed by atoms with Gasteiger partial charge in [-0.25, -0.2) is 4.98 Å². The van der Waals surface area contributed by atoms with E-state index in [0.29, 0.717) is 0 Å². The average Bonchev–Trinajstić information content (AvgIpc) is 2.45. The number of nitrogens with zero attached hydrogens (tertiary/aromatic N) is 1. The standard InChI is InChI=1S/C11H18N2S/c1-4-7-12-8-5-6-11-9(2)13-10(3)14-11/h5-6,12H,4,7-8H2,1-3H3. The van der Waals surface area contributed by atoms with Gasteiger partial charge in [-0.2, -0.15) is 0 Å². The molecule has 1 heterocycles. The van der Waals surface area contributed by atoms with E-state index in [1.807, 2.05) is 6.92 Å². The Balaban J connectivity index is 2.39. The van der Waals surface area contributed by atoms with E-state index in [9.17, 15) is 0 Å². The molecule has 1 aromatic rings. The molecule has 78 valence electrons. The highest BCUT2D eigenvalue weighted by molar-refractivity contribution is 7.12. The van der Waals surface area contributed by atoms with Crippen LogP contribution in [-0.4, -0.2) is 18.1 Å². The number of hydrogen-bond acceptors (Lipinski definition) is 3. The number of rotatable bonds is 5. The van der Waals surface area contributed by atoms with Crippen molar-refractivity contribution in [2.45, 2.75) is 27.2 Å². The lowest BCUT2D eigenvalue weighted by Gasteiger charge is -1.95. The number of nitrogens with one attached hydrogen (secondary N) is 1. The van der Waals surface area contributed by atoms with Crippen LogP contribution in [0.5, 0.6) is 0 Å². The maximum atomic E-state index is 4.37. The Morgan fingerprint density at radius 2 is 2.21 bits per heavy atom. The quantitative estimate of drug-likeness (QED) is 0.756. The molecule has 0 atom stereocenters. The molecular formula is C11H18N2S. The minimum atomic E-state index is 0.949. The van der Waals surface area contributed by atoms with Crippen molar-refractivity contribution in [2.75, 3.05) is 13.1 Å². The van der Waals surface area contributed by atoms with Crippen LogP contribution in [0, 0.1) is 13.8 Å². The molecule has 0 aliphatic carbocycles. The Bertz CT molecular complexity index is 302. The molecule has 3 heteroatoms. The molecule has 0 aromatic carbocycles. The monoisotopic (exact) mass is 210 g/mol. The Kier molecular flexibility index (Phi) is 4.84. The van der Waals surface area contributed by atoms with Gasteiger partial charge in [-0.05, 0) is 32.9 Å². The predicted molar refractivity (Wildman–Crippen MR) is 63.8 cm³/mol. The predicted octanol–water partition coefficient (Wildman–Crippen LogP) is 2.77. The molecule has 1 N–H and O–H groups in total. The summed E-state index contributed by atoms with van der Waals surface area (Å²) in [5, 5.41) is 4.47. The summed E-state index contributed by atoms with van der Waals surface area (Å²) in [7, 11) is 0. The normalized spacial score (nSPS) is 11.4. The van der Waals surface area contributed by atoms with Crippen molar-refractivity contribution < 1.29 is 0 Å². The molecule has 0 fully saturated rings. The fourth-order valence-electron chi connectivity index (χ4n) is 1.23. The smallest absolute Gasteiger partial charge is 0.0903 e. The number of aryl methyl sites for hydroxylation is 2. The lowest BCUT2D eigenvalue weighted by atomic mass is 10.3. The lowest BCUT2D eigenvalue weighted by Crippen LogP contribution is -2.13. The van der Waals surface area contributed by atoms with E-state index in [-0.39, 0.29) is 0 Å². The average molecular weight is 210 g/mol. The Morgan fingerprint density at radius 1 is 1.43 bits per heavy atom. The van der Waals surface area contributed by atoms with Gasteiger partial charge in [0.15, 0.2) is 0 Å². The van der Waals surface area contributed by atoms with Crippen LogP contribution < -0.4 is 5.32 Å². The van der Waals surface area contributed by atoms with Gasteiger partial charge in [-0.3, -0.25) is 0 Å². The second kappa shape index (κ2) is 5.94. The minimum Gasteiger partial charge on any atom is -0.313 e. The summed E-state index contributed by atoms with van der Waals surface area (Å²) in [6.45, 7) is 8.32. The van der Waals surface area contributed by atoms with E-state index in [0.717, 1.165) is 23.8 Å². The highest BCUT2D eigenvalue weighted by Crippen LogP contribution is 2.18. The van der Waals surface area contributed by atoms with Gasteiger partial charge >= 0.3 is 0 Å². The van der Waals surface area contributed by atoms with E-state index < -0.39 is 0 Å². The van der Waals surface area contributed by atoms with Crippen LogP contribution in [0.2, 0.25) is 0 Å². The van der Waals surface area contributed by atoms with Gasteiger partial charge in [-0.15, -0.1) is 11.3 Å². The maximum Gasteiger partial charge on any atom is 0.0903 e. The lowest BCUT2D eigenvalue weighted by molar-refractivity contribution is 0.730. The summed E-state index contributed by atoms with van der Waals surface area (Å²) >= 11 is 1.75. The molecule has 0 amide bonds. The molecule has 0 radical (unpaired) electrons. The van der Waals surface area contributed by atoms with Crippen LogP contribution in [-0.2, 0) is 0 Å². The summed E-state index contributed by atoms with van der Waals surface area (Å²) in [5.74, 6) is 0. The molecule has 0 unspecified atom stereocenters. The van der Waals surface area contributed by atoms with Crippen molar-refractivity contribution in [3.63, 3.8) is 0 Å². The highest BCUT2D eigenvalue weighted by Gasteiger charge is 1.99. The summed E-state index contributed by atoms with van der Waals surface area (Å²) in [5.41, 5.74) is 1.14. The van der Waals surface area contributed by atoms with Crippen molar-refractivity contribution in [1.82, 2.24) is 10.3 Å². The zero-order chi connectivity index (χ0) is 10.4. The Morgan fingerprint density at radius 3 is 2.79 bits per heavy atom. The van der Waals surface area contributed by atoms with Gasteiger partial charge in [0.2, 0.25) is 0 Å². The van der Waals surface area contributed by atoms with Crippen molar-refractivity contribution >= 4 is 17.4 Å². The van der Waals surface area contributed by atoms with E-state index in [1.165, 1.54) is 11.3 Å². The van der Waals surface area contributed by atoms with Crippen molar-refractivity contribution in [3.05, 3.63) is 21.7 Å². The van der Waals surface area contributed by atoms with Gasteiger partial charge in [0.1, 0.15) is 0 Å². The molecule has 0 bridgehead atoms. The molecule has 0 spiro atoms. The van der Waals surface area contributed by atoms with Crippen molar-refractivity contribution in [2.24, 2.45) is 0 Å². The fraction of sp³-hybridized carbons (Fsp3) is 0.545. The number of aromatic nitrogens is 1. The van der Waals surface area contributed by atoms with Crippen molar-refractivity contribution in [1.29, 1.82) is 0 Å². The summed E-state index contributed by atoms with van der Waals surface area (Å²) in [4.78, 5) is 5.65. The third-order valence-electron chi connectivity index (χ3n) is 1.90. The van der Waals surface area contributed by atoms with Crippen LogP contribution >= 0.6 is 11.3 Å². The van der Waals surface area contributed by atoms with Crippen LogP contribution in [0.4, 0.5) is 0 Å². The number of thiazole rings is 1.